The number of aliphatic carboxylic acids is 1. The summed E-state index contributed by atoms with van der Waals surface area (Å²) in [5.41, 5.74) is -0.0734. The van der Waals surface area contributed by atoms with Crippen LogP contribution in [0.15, 0.2) is 35.9 Å². The average molecular weight is 262 g/mol. The van der Waals surface area contributed by atoms with Gasteiger partial charge in [-0.25, -0.2) is 9.59 Å². The molecule has 0 aliphatic rings. The van der Waals surface area contributed by atoms with Gasteiger partial charge < -0.3 is 9.84 Å². The molecule has 19 heavy (non-hydrogen) atoms. The SMILES string of the molecule is CC(C(=O)O)=C(C(=O)OC(C)(C)C)c1ccccc1. The van der Waals surface area contributed by atoms with Gasteiger partial charge in [-0.05, 0) is 33.3 Å². The molecule has 0 amide bonds. The molecule has 0 aromatic heterocycles. The number of hydrogen-bond acceptors (Lipinski definition) is 3. The van der Waals surface area contributed by atoms with Crippen LogP contribution < -0.4 is 0 Å². The van der Waals surface area contributed by atoms with Crippen LogP contribution in [0.4, 0.5) is 0 Å². The van der Waals surface area contributed by atoms with E-state index < -0.39 is 17.5 Å². The van der Waals surface area contributed by atoms with Crippen molar-refractivity contribution in [2.45, 2.75) is 33.3 Å². The summed E-state index contributed by atoms with van der Waals surface area (Å²) in [5, 5.41) is 9.10. The third kappa shape index (κ3) is 4.25. The van der Waals surface area contributed by atoms with Gasteiger partial charge >= 0.3 is 11.9 Å². The number of benzene rings is 1. The molecule has 0 radical (unpaired) electrons. The van der Waals surface area contributed by atoms with Gasteiger partial charge in [0, 0.05) is 5.57 Å². The lowest BCUT2D eigenvalue weighted by Gasteiger charge is -2.21. The Balaban J connectivity index is 3.27. The maximum Gasteiger partial charge on any atom is 0.339 e. The minimum absolute atomic E-state index is 0.0274. The van der Waals surface area contributed by atoms with Crippen LogP contribution >= 0.6 is 0 Å². The van der Waals surface area contributed by atoms with Crippen molar-refractivity contribution in [3.05, 3.63) is 41.5 Å². The Morgan fingerprint density at radius 2 is 1.63 bits per heavy atom. The number of carboxylic acids is 1. The molecule has 0 heterocycles. The lowest BCUT2D eigenvalue weighted by Crippen LogP contribution is -2.25. The molecule has 1 aromatic rings. The molecular formula is C15H18O4. The van der Waals surface area contributed by atoms with Gasteiger partial charge in [0.25, 0.3) is 0 Å². The Kier molecular flexibility index (Phi) is 4.48. The van der Waals surface area contributed by atoms with E-state index in [4.69, 9.17) is 9.84 Å². The standard InChI is InChI=1S/C15H18O4/c1-10(13(16)17)12(11-8-6-5-7-9-11)14(18)19-15(2,3)4/h5-9H,1-4H3,(H,16,17). The fourth-order valence-electron chi connectivity index (χ4n) is 1.53. The molecule has 0 aliphatic heterocycles. The highest BCUT2D eigenvalue weighted by atomic mass is 16.6. The molecule has 0 fully saturated rings. The molecule has 0 saturated heterocycles. The lowest BCUT2D eigenvalue weighted by atomic mass is 10.0. The molecular weight excluding hydrogens is 244 g/mol. The van der Waals surface area contributed by atoms with E-state index in [1.54, 1.807) is 51.1 Å². The van der Waals surface area contributed by atoms with E-state index in [-0.39, 0.29) is 11.1 Å². The Bertz CT molecular complexity index is 507. The van der Waals surface area contributed by atoms with E-state index in [1.807, 2.05) is 0 Å². The van der Waals surface area contributed by atoms with Crippen molar-refractivity contribution in [2.24, 2.45) is 0 Å². The summed E-state index contributed by atoms with van der Waals surface area (Å²) < 4.78 is 5.27. The first-order valence-electron chi connectivity index (χ1n) is 5.95. The summed E-state index contributed by atoms with van der Waals surface area (Å²) in [6.07, 6.45) is 0. The lowest BCUT2D eigenvalue weighted by molar-refractivity contribution is -0.147. The second kappa shape index (κ2) is 5.69. The summed E-state index contributed by atoms with van der Waals surface area (Å²) in [6, 6.07) is 8.66. The number of rotatable bonds is 3. The molecule has 0 bridgehead atoms. The van der Waals surface area contributed by atoms with Crippen molar-refractivity contribution in [1.29, 1.82) is 0 Å². The molecule has 4 heteroatoms. The molecule has 1 N–H and O–H groups in total. The summed E-state index contributed by atoms with van der Waals surface area (Å²) in [6.45, 7) is 6.62. The highest BCUT2D eigenvalue weighted by Crippen LogP contribution is 2.23. The number of carboxylic acid groups (broad SMARTS) is 1. The Hall–Kier alpha value is -2.10. The van der Waals surface area contributed by atoms with Gasteiger partial charge in [-0.15, -0.1) is 0 Å². The van der Waals surface area contributed by atoms with Crippen LogP contribution in [0.1, 0.15) is 33.3 Å². The number of carbonyl (C=O) groups is 2. The van der Waals surface area contributed by atoms with E-state index in [9.17, 15) is 9.59 Å². The number of carbonyl (C=O) groups excluding carboxylic acids is 1. The summed E-state index contributed by atoms with van der Waals surface area (Å²) in [7, 11) is 0. The van der Waals surface area contributed by atoms with Crippen LogP contribution in [0, 0.1) is 0 Å². The molecule has 0 atom stereocenters. The second-order valence-electron chi connectivity index (χ2n) is 5.17. The van der Waals surface area contributed by atoms with Crippen molar-refractivity contribution < 1.29 is 19.4 Å². The number of ether oxygens (including phenoxy) is 1. The van der Waals surface area contributed by atoms with Crippen LogP contribution in [0.2, 0.25) is 0 Å². The van der Waals surface area contributed by atoms with E-state index in [1.165, 1.54) is 6.92 Å². The molecule has 0 spiro atoms. The summed E-state index contributed by atoms with van der Waals surface area (Å²) in [5.74, 6) is -1.76. The molecule has 0 aliphatic carbocycles. The molecule has 0 saturated carbocycles. The van der Waals surface area contributed by atoms with E-state index in [2.05, 4.69) is 0 Å². The maximum atomic E-state index is 12.2. The topological polar surface area (TPSA) is 63.6 Å². The minimum atomic E-state index is -1.13. The first-order valence-corrected chi connectivity index (χ1v) is 5.95. The maximum absolute atomic E-state index is 12.2. The van der Waals surface area contributed by atoms with E-state index in [0.29, 0.717) is 5.56 Å². The predicted octanol–water partition coefficient (Wildman–Crippen LogP) is 2.89. The highest BCUT2D eigenvalue weighted by molar-refractivity contribution is 6.22. The van der Waals surface area contributed by atoms with Gasteiger partial charge in [0.15, 0.2) is 0 Å². The zero-order chi connectivity index (χ0) is 14.6. The summed E-state index contributed by atoms with van der Waals surface area (Å²) in [4.78, 5) is 23.3. The monoisotopic (exact) mass is 262 g/mol. The van der Waals surface area contributed by atoms with Gasteiger partial charge in [-0.2, -0.15) is 0 Å². The smallest absolute Gasteiger partial charge is 0.339 e. The van der Waals surface area contributed by atoms with Gasteiger partial charge in [-0.3, -0.25) is 0 Å². The summed E-state index contributed by atoms with van der Waals surface area (Å²) >= 11 is 0. The molecule has 4 nitrogen and oxygen atoms in total. The third-order valence-corrected chi connectivity index (χ3v) is 2.36. The van der Waals surface area contributed by atoms with Crippen LogP contribution in [0.3, 0.4) is 0 Å². The van der Waals surface area contributed by atoms with E-state index in [0.717, 1.165) is 0 Å². The van der Waals surface area contributed by atoms with Crippen LogP contribution in [0.25, 0.3) is 5.57 Å². The minimum Gasteiger partial charge on any atom is -0.478 e. The zero-order valence-electron chi connectivity index (χ0n) is 11.6. The van der Waals surface area contributed by atoms with Gasteiger partial charge in [0.05, 0.1) is 5.57 Å². The number of hydrogen-bond donors (Lipinski definition) is 1. The van der Waals surface area contributed by atoms with Crippen molar-refractivity contribution in [3.8, 4) is 0 Å². The van der Waals surface area contributed by atoms with Crippen molar-refractivity contribution in [2.75, 3.05) is 0 Å². The first kappa shape index (κ1) is 15.0. The largest absolute Gasteiger partial charge is 0.478 e. The zero-order valence-corrected chi connectivity index (χ0v) is 11.6. The molecule has 0 unspecified atom stereocenters. The molecule has 1 aromatic carbocycles. The Morgan fingerprint density at radius 3 is 2.05 bits per heavy atom. The average Bonchev–Trinajstić information content (AvgIpc) is 2.28. The predicted molar refractivity (Wildman–Crippen MR) is 72.5 cm³/mol. The quantitative estimate of drug-likeness (QED) is 0.672. The number of esters is 1. The highest BCUT2D eigenvalue weighted by Gasteiger charge is 2.24. The molecule has 1 rings (SSSR count). The third-order valence-electron chi connectivity index (χ3n) is 2.36. The van der Waals surface area contributed by atoms with Gasteiger partial charge in [0.1, 0.15) is 5.60 Å². The normalized spacial score (nSPS) is 12.6. The Labute approximate surface area is 112 Å². The van der Waals surface area contributed by atoms with Crippen LogP contribution in [-0.4, -0.2) is 22.6 Å². The van der Waals surface area contributed by atoms with Crippen molar-refractivity contribution in [3.63, 3.8) is 0 Å². The second-order valence-corrected chi connectivity index (χ2v) is 5.17. The van der Waals surface area contributed by atoms with E-state index >= 15 is 0 Å². The van der Waals surface area contributed by atoms with Gasteiger partial charge in [0.2, 0.25) is 0 Å². The van der Waals surface area contributed by atoms with Crippen molar-refractivity contribution >= 4 is 17.5 Å². The van der Waals surface area contributed by atoms with Crippen molar-refractivity contribution in [1.82, 2.24) is 0 Å². The van der Waals surface area contributed by atoms with Crippen LogP contribution in [0.5, 0.6) is 0 Å². The Morgan fingerprint density at radius 1 is 1.11 bits per heavy atom. The fourth-order valence-corrected chi connectivity index (χ4v) is 1.53. The van der Waals surface area contributed by atoms with Crippen LogP contribution in [-0.2, 0) is 14.3 Å². The van der Waals surface area contributed by atoms with Gasteiger partial charge in [-0.1, -0.05) is 30.3 Å². The fraction of sp³-hybridized carbons (Fsp3) is 0.333. The first-order chi connectivity index (χ1) is 8.72. The molecule has 102 valence electrons.